The van der Waals surface area contributed by atoms with Crippen LogP contribution in [0.5, 0.6) is 11.5 Å². The van der Waals surface area contributed by atoms with Gasteiger partial charge in [0.15, 0.2) is 5.75 Å². The molecule has 0 heterocycles. The zero-order chi connectivity index (χ0) is 19.2. The van der Waals surface area contributed by atoms with E-state index in [2.05, 4.69) is 19.2 Å². The van der Waals surface area contributed by atoms with Gasteiger partial charge in [-0.1, -0.05) is 55.8 Å². The van der Waals surface area contributed by atoms with Gasteiger partial charge in [-0.2, -0.15) is 0 Å². The third-order valence-corrected chi connectivity index (χ3v) is 4.97. The fraction of sp³-hybridized carbons (Fsp3) is 0.136. The first kappa shape index (κ1) is 19.3. The highest BCUT2D eigenvalue weighted by atomic mass is 35.5. The Hall–Kier alpha value is -2.43. The highest BCUT2D eigenvalue weighted by Crippen LogP contribution is 2.33. The second kappa shape index (κ2) is 8.98. The maximum absolute atomic E-state index is 12.9. The number of hydrogen-bond acceptors (Lipinski definition) is 3. The number of rotatable bonds is 6. The third kappa shape index (κ3) is 5.28. The molecule has 5 heteroatoms. The molecule has 0 unspecified atom stereocenters. The lowest BCUT2D eigenvalue weighted by atomic mass is 10.2. The van der Waals surface area contributed by atoms with Crippen LogP contribution in [0.1, 0.15) is 24.2 Å². The van der Waals surface area contributed by atoms with Gasteiger partial charge in [0.25, 0.3) is 5.91 Å². The molecule has 0 aliphatic rings. The Bertz CT molecular complexity index is 929. The van der Waals surface area contributed by atoms with Crippen molar-refractivity contribution in [3.8, 4) is 11.5 Å². The Morgan fingerprint density at radius 2 is 1.70 bits per heavy atom. The van der Waals surface area contributed by atoms with Crippen LogP contribution in [0.15, 0.2) is 77.7 Å². The van der Waals surface area contributed by atoms with Crippen LogP contribution in [0, 0.1) is 0 Å². The molecule has 3 aromatic carbocycles. The molecule has 3 rings (SSSR count). The molecule has 0 aliphatic heterocycles. The van der Waals surface area contributed by atoms with Crippen molar-refractivity contribution >= 4 is 35.0 Å². The Kier molecular flexibility index (Phi) is 6.43. The van der Waals surface area contributed by atoms with Gasteiger partial charge < -0.3 is 10.1 Å². The van der Waals surface area contributed by atoms with Gasteiger partial charge in [0.1, 0.15) is 5.75 Å². The van der Waals surface area contributed by atoms with Crippen molar-refractivity contribution in [2.24, 2.45) is 0 Å². The topological polar surface area (TPSA) is 38.3 Å². The number of carbonyl (C=O) groups excluding carboxylic acids is 1. The second-order valence-corrected chi connectivity index (χ2v) is 8.23. The van der Waals surface area contributed by atoms with Crippen LogP contribution in [-0.2, 0) is 0 Å². The summed E-state index contributed by atoms with van der Waals surface area (Å²) in [5, 5.41) is 3.84. The smallest absolute Gasteiger partial charge is 0.256 e. The summed E-state index contributed by atoms with van der Waals surface area (Å²) in [4.78, 5) is 13.9. The molecule has 138 valence electrons. The van der Waals surface area contributed by atoms with Crippen molar-refractivity contribution in [1.82, 2.24) is 0 Å². The molecule has 0 saturated heterocycles. The number of nitrogens with one attached hydrogen (secondary N) is 1. The minimum absolute atomic E-state index is 0.195. The third-order valence-electron chi connectivity index (χ3n) is 3.66. The van der Waals surface area contributed by atoms with Crippen LogP contribution in [0.3, 0.4) is 0 Å². The fourth-order valence-electron chi connectivity index (χ4n) is 2.50. The molecule has 3 aromatic rings. The number of benzene rings is 3. The molecule has 0 atom stereocenters. The molecule has 27 heavy (non-hydrogen) atoms. The zero-order valence-corrected chi connectivity index (χ0v) is 16.7. The Balaban J connectivity index is 1.87. The molecular formula is C22H20ClNO2S. The first-order valence-corrected chi connectivity index (χ1v) is 9.88. The van der Waals surface area contributed by atoms with Crippen LogP contribution in [-0.4, -0.2) is 11.2 Å². The van der Waals surface area contributed by atoms with E-state index in [1.165, 1.54) is 0 Å². The van der Waals surface area contributed by atoms with E-state index >= 15 is 0 Å². The summed E-state index contributed by atoms with van der Waals surface area (Å²) >= 11 is 7.79. The van der Waals surface area contributed by atoms with Gasteiger partial charge in [-0.3, -0.25) is 4.79 Å². The summed E-state index contributed by atoms with van der Waals surface area (Å²) in [6.07, 6.45) is 0. The monoisotopic (exact) mass is 397 g/mol. The average Bonchev–Trinajstić information content (AvgIpc) is 2.65. The van der Waals surface area contributed by atoms with Gasteiger partial charge in [0.05, 0.1) is 11.3 Å². The molecule has 0 bridgehead atoms. The van der Waals surface area contributed by atoms with Crippen LogP contribution >= 0.6 is 23.4 Å². The number of halogens is 1. The summed E-state index contributed by atoms with van der Waals surface area (Å²) < 4.78 is 5.92. The summed E-state index contributed by atoms with van der Waals surface area (Å²) in [6, 6.07) is 22.2. The quantitative estimate of drug-likeness (QED) is 0.460. The number of ether oxygens (including phenoxy) is 1. The summed E-state index contributed by atoms with van der Waals surface area (Å²) in [5.41, 5.74) is 1.16. The predicted octanol–water partition coefficient (Wildman–Crippen LogP) is 6.89. The zero-order valence-electron chi connectivity index (χ0n) is 15.1. The largest absolute Gasteiger partial charge is 0.455 e. The summed E-state index contributed by atoms with van der Waals surface area (Å²) in [5.74, 6) is 1.03. The number of amides is 1. The maximum atomic E-state index is 12.9. The van der Waals surface area contributed by atoms with E-state index in [4.69, 9.17) is 16.3 Å². The lowest BCUT2D eigenvalue weighted by molar-refractivity contribution is 0.102. The number of hydrogen-bond donors (Lipinski definition) is 1. The van der Waals surface area contributed by atoms with Crippen LogP contribution in [0.25, 0.3) is 0 Å². The van der Waals surface area contributed by atoms with Gasteiger partial charge in [0, 0.05) is 15.2 Å². The molecule has 1 N–H and O–H groups in total. The lowest BCUT2D eigenvalue weighted by Gasteiger charge is -2.15. The number of carbonyl (C=O) groups is 1. The molecule has 0 aromatic heterocycles. The minimum Gasteiger partial charge on any atom is -0.455 e. The molecule has 3 nitrogen and oxygen atoms in total. The lowest BCUT2D eigenvalue weighted by Crippen LogP contribution is -2.14. The Labute approximate surface area is 168 Å². The van der Waals surface area contributed by atoms with Crippen LogP contribution in [0.2, 0.25) is 5.02 Å². The highest BCUT2D eigenvalue weighted by Gasteiger charge is 2.15. The first-order chi connectivity index (χ1) is 13.0. The Morgan fingerprint density at radius 1 is 1.00 bits per heavy atom. The normalized spacial score (nSPS) is 10.7. The van der Waals surface area contributed by atoms with Gasteiger partial charge in [-0.25, -0.2) is 0 Å². The standard InChI is InChI=1S/C22H20ClNO2S/c1-15(2)27-21-11-7-6-10-18(21)22(25)24-19-14-16(23)12-13-20(19)26-17-8-4-3-5-9-17/h3-15H,1-2H3,(H,24,25). The van der Waals surface area contributed by atoms with Crippen molar-refractivity contribution in [3.05, 3.63) is 83.4 Å². The van der Waals surface area contributed by atoms with Crippen molar-refractivity contribution in [2.45, 2.75) is 24.0 Å². The van der Waals surface area contributed by atoms with Gasteiger partial charge in [-0.15, -0.1) is 11.8 Å². The van der Waals surface area contributed by atoms with Crippen molar-refractivity contribution in [1.29, 1.82) is 0 Å². The van der Waals surface area contributed by atoms with E-state index in [1.807, 2.05) is 54.6 Å². The van der Waals surface area contributed by atoms with Crippen molar-refractivity contribution < 1.29 is 9.53 Å². The van der Waals surface area contributed by atoms with E-state index in [0.717, 1.165) is 4.90 Å². The molecule has 0 aliphatic carbocycles. The molecular weight excluding hydrogens is 378 g/mol. The molecule has 0 saturated carbocycles. The summed E-state index contributed by atoms with van der Waals surface area (Å²) in [6.45, 7) is 4.20. The number of anilines is 1. The van der Waals surface area contributed by atoms with E-state index in [9.17, 15) is 4.79 Å². The number of thioether (sulfide) groups is 1. The van der Waals surface area contributed by atoms with Crippen molar-refractivity contribution in [2.75, 3.05) is 5.32 Å². The van der Waals surface area contributed by atoms with E-state index in [0.29, 0.717) is 33.0 Å². The minimum atomic E-state index is -0.195. The first-order valence-electron chi connectivity index (χ1n) is 8.62. The fourth-order valence-corrected chi connectivity index (χ4v) is 3.63. The Morgan fingerprint density at radius 3 is 2.44 bits per heavy atom. The maximum Gasteiger partial charge on any atom is 0.256 e. The van der Waals surface area contributed by atoms with E-state index < -0.39 is 0 Å². The second-order valence-electron chi connectivity index (χ2n) is 6.17. The number of para-hydroxylation sites is 1. The molecule has 1 amide bonds. The molecule has 0 spiro atoms. The van der Waals surface area contributed by atoms with E-state index in [-0.39, 0.29) is 5.91 Å². The molecule has 0 radical (unpaired) electrons. The average molecular weight is 398 g/mol. The van der Waals surface area contributed by atoms with Gasteiger partial charge in [-0.05, 0) is 42.5 Å². The predicted molar refractivity (Wildman–Crippen MR) is 113 cm³/mol. The van der Waals surface area contributed by atoms with Gasteiger partial charge >= 0.3 is 0 Å². The van der Waals surface area contributed by atoms with Crippen LogP contribution < -0.4 is 10.1 Å². The SMILES string of the molecule is CC(C)Sc1ccccc1C(=O)Nc1cc(Cl)ccc1Oc1ccccc1. The van der Waals surface area contributed by atoms with Gasteiger partial charge in [0.2, 0.25) is 0 Å². The van der Waals surface area contributed by atoms with E-state index in [1.54, 1.807) is 30.0 Å². The van der Waals surface area contributed by atoms with Crippen LogP contribution in [0.4, 0.5) is 5.69 Å². The highest BCUT2D eigenvalue weighted by molar-refractivity contribution is 8.00. The summed E-state index contributed by atoms with van der Waals surface area (Å²) in [7, 11) is 0. The van der Waals surface area contributed by atoms with Crippen molar-refractivity contribution in [3.63, 3.8) is 0 Å². The molecule has 0 fully saturated rings.